The van der Waals surface area contributed by atoms with Gasteiger partial charge in [-0.2, -0.15) is 0 Å². The summed E-state index contributed by atoms with van der Waals surface area (Å²) in [5.41, 5.74) is -0.163. The molecule has 0 aromatic rings. The molecular weight excluding hydrogens is 128 g/mol. The monoisotopic (exact) mass is 144 g/mol. The normalized spacial score (nSPS) is 34.8. The SMILES string of the molecule is CC(C)(C)[N+]1([O-])CCNC1. The molecule has 1 saturated heterocycles. The van der Waals surface area contributed by atoms with Gasteiger partial charge in [0.25, 0.3) is 0 Å². The standard InChI is InChI=1S/C7H16N2O/c1-7(2,3)9(10)5-4-8-6-9/h8H,4-6H2,1-3H3. The van der Waals surface area contributed by atoms with Gasteiger partial charge in [-0.3, -0.25) is 5.32 Å². The number of nitrogens with zero attached hydrogens (tertiary/aromatic N) is 1. The Hall–Kier alpha value is -0.120. The number of hydroxylamine groups is 3. The molecule has 1 rings (SSSR count). The lowest BCUT2D eigenvalue weighted by molar-refractivity contribution is -0.915. The molecule has 0 aromatic carbocycles. The van der Waals surface area contributed by atoms with Gasteiger partial charge in [0.05, 0.1) is 18.6 Å². The molecule has 3 nitrogen and oxygen atoms in total. The Bertz CT molecular complexity index is 122. The van der Waals surface area contributed by atoms with Gasteiger partial charge < -0.3 is 9.85 Å². The lowest BCUT2D eigenvalue weighted by atomic mass is 10.1. The van der Waals surface area contributed by atoms with Gasteiger partial charge in [0.2, 0.25) is 0 Å². The second-order valence-electron chi connectivity index (χ2n) is 3.94. The summed E-state index contributed by atoms with van der Waals surface area (Å²) in [4.78, 5) is 0. The van der Waals surface area contributed by atoms with Crippen LogP contribution in [0.1, 0.15) is 20.8 Å². The summed E-state index contributed by atoms with van der Waals surface area (Å²) in [6, 6.07) is 0. The van der Waals surface area contributed by atoms with Gasteiger partial charge in [-0.25, -0.2) is 0 Å². The zero-order valence-electron chi connectivity index (χ0n) is 6.98. The third kappa shape index (κ3) is 1.17. The van der Waals surface area contributed by atoms with E-state index >= 15 is 0 Å². The van der Waals surface area contributed by atoms with Crippen LogP contribution < -0.4 is 5.32 Å². The summed E-state index contributed by atoms with van der Waals surface area (Å²) >= 11 is 0. The van der Waals surface area contributed by atoms with Crippen molar-refractivity contribution in [3.8, 4) is 0 Å². The summed E-state index contributed by atoms with van der Waals surface area (Å²) in [5.74, 6) is 0. The predicted octanol–water partition coefficient (Wildman–Crippen LogP) is 0.660. The van der Waals surface area contributed by atoms with E-state index in [1.54, 1.807) is 0 Å². The first-order chi connectivity index (χ1) is 4.46. The lowest BCUT2D eigenvalue weighted by Crippen LogP contribution is -2.54. The van der Waals surface area contributed by atoms with Gasteiger partial charge in [-0.1, -0.05) is 0 Å². The van der Waals surface area contributed by atoms with E-state index in [4.69, 9.17) is 0 Å². The number of hydrogen-bond donors (Lipinski definition) is 1. The number of nitrogens with one attached hydrogen (secondary N) is 1. The van der Waals surface area contributed by atoms with Crippen LogP contribution >= 0.6 is 0 Å². The van der Waals surface area contributed by atoms with Crippen LogP contribution in [0, 0.1) is 5.21 Å². The van der Waals surface area contributed by atoms with E-state index in [1.165, 1.54) is 0 Å². The van der Waals surface area contributed by atoms with Gasteiger partial charge in [0.1, 0.15) is 6.67 Å². The molecule has 1 atom stereocenters. The van der Waals surface area contributed by atoms with Gasteiger partial charge in [-0.05, 0) is 20.8 Å². The molecule has 0 aliphatic carbocycles. The molecule has 0 spiro atoms. The highest BCUT2D eigenvalue weighted by molar-refractivity contribution is 4.68. The average Bonchev–Trinajstić information content (AvgIpc) is 2.13. The van der Waals surface area contributed by atoms with Crippen molar-refractivity contribution in [1.82, 2.24) is 5.32 Å². The van der Waals surface area contributed by atoms with Gasteiger partial charge in [-0.15, -0.1) is 0 Å². The quantitative estimate of drug-likeness (QED) is 0.400. The number of quaternary nitrogens is 1. The second kappa shape index (κ2) is 2.19. The van der Waals surface area contributed by atoms with Crippen molar-refractivity contribution in [3.63, 3.8) is 0 Å². The summed E-state index contributed by atoms with van der Waals surface area (Å²) in [6.07, 6.45) is 0. The molecule has 0 radical (unpaired) electrons. The Morgan fingerprint density at radius 1 is 1.40 bits per heavy atom. The minimum atomic E-state index is -0.163. The van der Waals surface area contributed by atoms with E-state index < -0.39 is 0 Å². The van der Waals surface area contributed by atoms with Crippen LogP contribution in [0.15, 0.2) is 0 Å². The first-order valence-corrected chi connectivity index (χ1v) is 3.75. The molecule has 1 unspecified atom stereocenters. The molecule has 1 aliphatic heterocycles. The van der Waals surface area contributed by atoms with Crippen LogP contribution in [-0.2, 0) is 0 Å². The zero-order valence-corrected chi connectivity index (χ0v) is 6.98. The number of rotatable bonds is 0. The molecule has 3 heteroatoms. The van der Waals surface area contributed by atoms with Crippen LogP contribution in [0.4, 0.5) is 0 Å². The molecule has 0 saturated carbocycles. The van der Waals surface area contributed by atoms with Crippen molar-refractivity contribution in [2.45, 2.75) is 26.3 Å². The van der Waals surface area contributed by atoms with Gasteiger partial charge >= 0.3 is 0 Å². The second-order valence-corrected chi connectivity index (χ2v) is 3.94. The molecule has 0 bridgehead atoms. The smallest absolute Gasteiger partial charge is 0.132 e. The molecular formula is C7H16N2O. The highest BCUT2D eigenvalue weighted by Crippen LogP contribution is 2.23. The Kier molecular flexibility index (Phi) is 1.75. The Balaban J connectivity index is 2.67. The molecule has 0 aromatic heterocycles. The summed E-state index contributed by atoms with van der Waals surface area (Å²) in [7, 11) is 0. The Labute approximate surface area is 62.2 Å². The predicted molar refractivity (Wildman–Crippen MR) is 41.1 cm³/mol. The maximum absolute atomic E-state index is 11.8. The third-order valence-electron chi connectivity index (χ3n) is 2.24. The minimum absolute atomic E-state index is 0.0903. The lowest BCUT2D eigenvalue weighted by Gasteiger charge is -2.48. The fraction of sp³-hybridized carbons (Fsp3) is 1.00. The van der Waals surface area contributed by atoms with Gasteiger partial charge in [0.15, 0.2) is 0 Å². The van der Waals surface area contributed by atoms with E-state index in [1.807, 2.05) is 20.8 Å². The van der Waals surface area contributed by atoms with Crippen LogP contribution in [0.25, 0.3) is 0 Å². The summed E-state index contributed by atoms with van der Waals surface area (Å²) in [6.45, 7) is 8.13. The highest BCUT2D eigenvalue weighted by Gasteiger charge is 2.34. The topological polar surface area (TPSA) is 35.1 Å². The van der Waals surface area contributed by atoms with Crippen molar-refractivity contribution in [1.29, 1.82) is 0 Å². The van der Waals surface area contributed by atoms with Crippen LogP contribution in [-0.4, -0.2) is 29.9 Å². The first kappa shape index (κ1) is 7.98. The van der Waals surface area contributed by atoms with E-state index in [0.717, 1.165) is 6.54 Å². The molecule has 0 amide bonds. The summed E-state index contributed by atoms with van der Waals surface area (Å²) in [5, 5.41) is 14.9. The third-order valence-corrected chi connectivity index (χ3v) is 2.24. The van der Waals surface area contributed by atoms with Crippen molar-refractivity contribution < 1.29 is 4.65 Å². The molecule has 1 aliphatic rings. The molecule has 60 valence electrons. The zero-order chi connectivity index (χ0) is 7.83. The number of hydrogen-bond acceptors (Lipinski definition) is 2. The van der Waals surface area contributed by atoms with E-state index in [0.29, 0.717) is 13.2 Å². The fourth-order valence-corrected chi connectivity index (χ4v) is 1.17. The highest BCUT2D eigenvalue weighted by atomic mass is 16.6. The van der Waals surface area contributed by atoms with Crippen molar-refractivity contribution in [2.75, 3.05) is 19.8 Å². The molecule has 1 heterocycles. The van der Waals surface area contributed by atoms with Gasteiger partial charge in [0, 0.05) is 0 Å². The van der Waals surface area contributed by atoms with Crippen molar-refractivity contribution in [2.24, 2.45) is 0 Å². The maximum Gasteiger partial charge on any atom is 0.132 e. The van der Waals surface area contributed by atoms with E-state index in [-0.39, 0.29) is 10.2 Å². The van der Waals surface area contributed by atoms with Crippen molar-refractivity contribution in [3.05, 3.63) is 5.21 Å². The van der Waals surface area contributed by atoms with Crippen molar-refractivity contribution >= 4 is 0 Å². The Morgan fingerprint density at radius 2 is 2.00 bits per heavy atom. The molecule has 10 heavy (non-hydrogen) atoms. The van der Waals surface area contributed by atoms with Crippen LogP contribution in [0.3, 0.4) is 0 Å². The van der Waals surface area contributed by atoms with Crippen LogP contribution in [0.2, 0.25) is 0 Å². The summed E-state index contributed by atoms with van der Waals surface area (Å²) < 4.78 is -0.0903. The minimum Gasteiger partial charge on any atom is -0.631 e. The Morgan fingerprint density at radius 3 is 2.20 bits per heavy atom. The first-order valence-electron chi connectivity index (χ1n) is 3.75. The van der Waals surface area contributed by atoms with E-state index in [2.05, 4.69) is 5.32 Å². The average molecular weight is 144 g/mol. The fourth-order valence-electron chi connectivity index (χ4n) is 1.17. The molecule has 1 N–H and O–H groups in total. The molecule has 1 fully saturated rings. The maximum atomic E-state index is 11.8. The van der Waals surface area contributed by atoms with E-state index in [9.17, 15) is 5.21 Å². The largest absolute Gasteiger partial charge is 0.631 e. The van der Waals surface area contributed by atoms with Crippen LogP contribution in [0.5, 0.6) is 0 Å².